The highest BCUT2D eigenvalue weighted by Gasteiger charge is 2.66. The molecule has 4 aliphatic rings. The van der Waals surface area contributed by atoms with Gasteiger partial charge in [0.25, 0.3) is 5.91 Å². The standard InChI is InChI=1S/C49H58N4O7Si/c1-34-47(61(3,4)40-22-20-39(59-2)21-23-40)43(31-46(57)50(27-28-54)32-35-13-6-5-7-14-35)60-49(34)41-30-38(52-26-11-9-18-45(52)56)19-24-42(41)53(48(49)58)33-36-15-12-16-37(29-36)51-25-10-8-17-44(51)55/h5-7,12-16,19-24,29-30,34,43,47,54H,8-11,17-18,25-28,31-33H2,1-4H3/t34-,43+,47-,49+/m0/s1. The van der Waals surface area contributed by atoms with Gasteiger partial charge in [0, 0.05) is 61.9 Å². The molecule has 8 rings (SSSR count). The van der Waals surface area contributed by atoms with Crippen molar-refractivity contribution in [3.63, 3.8) is 0 Å². The zero-order valence-corrected chi connectivity index (χ0v) is 36.8. The molecule has 0 saturated carbocycles. The Bertz CT molecular complexity index is 2270. The molecule has 0 aliphatic carbocycles. The van der Waals surface area contributed by atoms with Gasteiger partial charge in [-0.2, -0.15) is 0 Å². The highest BCUT2D eigenvalue weighted by atomic mass is 28.3. The van der Waals surface area contributed by atoms with Gasteiger partial charge in [0.15, 0.2) is 5.60 Å². The van der Waals surface area contributed by atoms with Crippen LogP contribution in [0.5, 0.6) is 5.75 Å². The van der Waals surface area contributed by atoms with Crippen molar-refractivity contribution in [2.24, 2.45) is 5.92 Å². The largest absolute Gasteiger partial charge is 0.497 e. The first kappa shape index (κ1) is 42.4. The van der Waals surface area contributed by atoms with E-state index in [4.69, 9.17) is 9.47 Å². The number of fused-ring (bicyclic) bond motifs is 2. The lowest BCUT2D eigenvalue weighted by molar-refractivity contribution is -0.150. The second-order valence-corrected chi connectivity index (χ2v) is 22.3. The molecule has 0 radical (unpaired) electrons. The number of amides is 4. The molecule has 4 aliphatic heterocycles. The first-order valence-corrected chi connectivity index (χ1v) is 24.9. The minimum absolute atomic E-state index is 0.0228. The number of methoxy groups -OCH3 is 1. The fourth-order valence-corrected chi connectivity index (χ4v) is 14.5. The van der Waals surface area contributed by atoms with E-state index in [1.807, 2.05) is 94.7 Å². The third-order valence-electron chi connectivity index (χ3n) is 13.7. The molecule has 61 heavy (non-hydrogen) atoms. The molecule has 4 heterocycles. The molecule has 4 aromatic carbocycles. The van der Waals surface area contributed by atoms with Crippen LogP contribution in [0.4, 0.5) is 17.1 Å². The molecular formula is C49H58N4O7Si. The summed E-state index contributed by atoms with van der Waals surface area (Å²) in [7, 11) is -0.960. The second-order valence-electron chi connectivity index (χ2n) is 17.7. The van der Waals surface area contributed by atoms with Gasteiger partial charge in [-0.3, -0.25) is 19.2 Å². The molecule has 1 N–H and O–H groups in total. The Morgan fingerprint density at radius 1 is 0.836 bits per heavy atom. The summed E-state index contributed by atoms with van der Waals surface area (Å²) in [6.45, 7) is 8.51. The zero-order chi connectivity index (χ0) is 42.9. The van der Waals surface area contributed by atoms with Crippen molar-refractivity contribution in [2.45, 2.75) is 95.3 Å². The monoisotopic (exact) mass is 842 g/mol. The Hall–Kier alpha value is -5.30. The lowest BCUT2D eigenvalue weighted by atomic mass is 9.82. The normalized spacial score (nSPS) is 22.9. The molecule has 4 atom stereocenters. The van der Waals surface area contributed by atoms with E-state index in [-0.39, 0.29) is 61.2 Å². The Balaban J connectivity index is 1.22. The summed E-state index contributed by atoms with van der Waals surface area (Å²) in [6, 6.07) is 31.7. The van der Waals surface area contributed by atoms with E-state index in [1.165, 1.54) is 0 Å². The molecule has 3 fully saturated rings. The van der Waals surface area contributed by atoms with E-state index in [9.17, 15) is 19.5 Å². The van der Waals surface area contributed by atoms with E-state index in [1.54, 1.807) is 16.9 Å². The van der Waals surface area contributed by atoms with Crippen LogP contribution in [0, 0.1) is 5.92 Å². The van der Waals surface area contributed by atoms with Crippen molar-refractivity contribution in [1.29, 1.82) is 0 Å². The lowest BCUT2D eigenvalue weighted by Gasteiger charge is -2.37. The number of carbonyl (C=O) groups excluding carboxylic acids is 4. The third-order valence-corrected chi connectivity index (χ3v) is 18.0. The van der Waals surface area contributed by atoms with Gasteiger partial charge in [-0.05, 0) is 84.8 Å². The van der Waals surface area contributed by atoms with Gasteiger partial charge in [0.05, 0.1) is 46.5 Å². The topological polar surface area (TPSA) is 120 Å². The van der Waals surface area contributed by atoms with E-state index in [0.29, 0.717) is 43.7 Å². The maximum atomic E-state index is 15.7. The van der Waals surface area contributed by atoms with Crippen LogP contribution in [-0.2, 0) is 42.6 Å². The molecule has 4 amide bonds. The number of rotatable bonds is 13. The molecular weight excluding hydrogens is 785 g/mol. The number of carbonyl (C=O) groups is 4. The van der Waals surface area contributed by atoms with E-state index in [0.717, 1.165) is 59.1 Å². The van der Waals surface area contributed by atoms with E-state index >= 15 is 4.79 Å². The molecule has 320 valence electrons. The molecule has 12 heteroatoms. The second kappa shape index (κ2) is 17.6. The lowest BCUT2D eigenvalue weighted by Crippen LogP contribution is -2.52. The molecule has 1 spiro atoms. The predicted molar refractivity (Wildman–Crippen MR) is 240 cm³/mol. The van der Waals surface area contributed by atoms with Gasteiger partial charge in [0.1, 0.15) is 5.75 Å². The van der Waals surface area contributed by atoms with Crippen molar-refractivity contribution in [1.82, 2.24) is 4.90 Å². The van der Waals surface area contributed by atoms with Crippen LogP contribution in [0.2, 0.25) is 18.6 Å². The van der Waals surface area contributed by atoms with Crippen LogP contribution in [-0.4, -0.2) is 81.2 Å². The molecule has 3 saturated heterocycles. The van der Waals surface area contributed by atoms with Crippen LogP contribution < -0.4 is 24.6 Å². The first-order chi connectivity index (χ1) is 29.5. The van der Waals surface area contributed by atoms with Crippen molar-refractivity contribution < 1.29 is 33.8 Å². The van der Waals surface area contributed by atoms with Gasteiger partial charge in [-0.25, -0.2) is 0 Å². The molecule has 0 bridgehead atoms. The quantitative estimate of drug-likeness (QED) is 0.146. The summed E-state index contributed by atoms with van der Waals surface area (Å²) in [6.07, 6.45) is 3.94. The number of nitrogens with zero attached hydrogens (tertiary/aromatic N) is 4. The highest BCUT2D eigenvalue weighted by molar-refractivity contribution is 6.91. The Morgan fingerprint density at radius 3 is 2.13 bits per heavy atom. The molecule has 0 aromatic heterocycles. The number of ether oxygens (including phenoxy) is 2. The van der Waals surface area contributed by atoms with Gasteiger partial charge >= 0.3 is 0 Å². The summed E-state index contributed by atoms with van der Waals surface area (Å²) >= 11 is 0. The maximum absolute atomic E-state index is 15.7. The molecule has 0 unspecified atom stereocenters. The average Bonchev–Trinajstić information content (AvgIpc) is 3.69. The van der Waals surface area contributed by atoms with Crippen LogP contribution in [0.25, 0.3) is 0 Å². The maximum Gasteiger partial charge on any atom is 0.264 e. The van der Waals surface area contributed by atoms with Gasteiger partial charge in [-0.1, -0.05) is 79.8 Å². The van der Waals surface area contributed by atoms with Gasteiger partial charge in [-0.15, -0.1) is 0 Å². The smallest absolute Gasteiger partial charge is 0.264 e. The number of hydrogen-bond acceptors (Lipinski definition) is 7. The van der Waals surface area contributed by atoms with Crippen molar-refractivity contribution in [2.75, 3.05) is 48.1 Å². The van der Waals surface area contributed by atoms with Crippen LogP contribution >= 0.6 is 0 Å². The van der Waals surface area contributed by atoms with Crippen LogP contribution in [0.1, 0.15) is 68.6 Å². The summed E-state index contributed by atoms with van der Waals surface area (Å²) in [5.41, 5.74) is 3.14. The molecule has 4 aromatic rings. The Morgan fingerprint density at radius 2 is 1.49 bits per heavy atom. The summed E-state index contributed by atoms with van der Waals surface area (Å²) in [5.74, 6) is 0.174. The van der Waals surface area contributed by atoms with E-state index in [2.05, 4.69) is 32.2 Å². The highest BCUT2D eigenvalue weighted by Crippen LogP contribution is 2.60. The van der Waals surface area contributed by atoms with Crippen LogP contribution in [0.3, 0.4) is 0 Å². The van der Waals surface area contributed by atoms with E-state index < -0.39 is 19.8 Å². The van der Waals surface area contributed by atoms with Gasteiger partial charge in [0.2, 0.25) is 17.7 Å². The summed E-state index contributed by atoms with van der Waals surface area (Å²) in [5, 5.41) is 11.3. The number of aliphatic hydroxyl groups is 1. The van der Waals surface area contributed by atoms with Crippen molar-refractivity contribution >= 4 is 54.0 Å². The fourth-order valence-electron chi connectivity index (χ4n) is 10.5. The summed E-state index contributed by atoms with van der Waals surface area (Å²) < 4.78 is 12.9. The SMILES string of the molecule is COc1ccc([Si](C)(C)[C@@H]2[C@@H](CC(=O)N(CCO)Cc3ccccc3)O[C@]3(C(=O)N(Cc4cccc(N5CCCCC5=O)c4)c4ccc(N5CCCCC5=O)cc43)[C@H]2C)cc1. The minimum Gasteiger partial charge on any atom is -0.497 e. The first-order valence-electron chi connectivity index (χ1n) is 21.9. The Kier molecular flexibility index (Phi) is 12.2. The number of hydrogen-bond donors (Lipinski definition) is 1. The number of aliphatic hydroxyl groups excluding tert-OH is 1. The number of benzene rings is 4. The van der Waals surface area contributed by atoms with Crippen molar-refractivity contribution in [3.05, 3.63) is 114 Å². The Labute approximate surface area is 360 Å². The number of anilines is 3. The predicted octanol–water partition coefficient (Wildman–Crippen LogP) is 6.90. The minimum atomic E-state index is -2.61. The molecule has 11 nitrogen and oxygen atoms in total. The average molecular weight is 843 g/mol. The number of piperidine rings is 2. The third kappa shape index (κ3) is 8.01. The summed E-state index contributed by atoms with van der Waals surface area (Å²) in [4.78, 5) is 63.8. The van der Waals surface area contributed by atoms with Crippen LogP contribution in [0.15, 0.2) is 97.1 Å². The fraction of sp³-hybridized carbons (Fsp3) is 0.429. The van der Waals surface area contributed by atoms with Crippen molar-refractivity contribution in [3.8, 4) is 5.75 Å². The zero-order valence-electron chi connectivity index (χ0n) is 35.8. The van der Waals surface area contributed by atoms with Gasteiger partial charge < -0.3 is 34.2 Å².